The molecule has 1 heterocycles. The second kappa shape index (κ2) is 6.45. The molecule has 1 aromatic carbocycles. The first-order valence-electron chi connectivity index (χ1n) is 7.73. The standard InChI is InChI=1S/C16H19FN4O2/c17-13-8-12(4-5-14(13)21-11-18-10-19-21)20-15(22)9-16(23)6-2-1-3-7-16/h4-5,8,10-11,23H,1-3,6-7,9H2,(H,20,22). The number of aromatic nitrogens is 3. The Hall–Kier alpha value is -2.28. The molecule has 2 N–H and O–H groups in total. The number of hydrogen-bond acceptors (Lipinski definition) is 4. The molecular weight excluding hydrogens is 299 g/mol. The van der Waals surface area contributed by atoms with Gasteiger partial charge in [0.25, 0.3) is 0 Å². The summed E-state index contributed by atoms with van der Waals surface area (Å²) >= 11 is 0. The Morgan fingerprint density at radius 2 is 2.13 bits per heavy atom. The molecule has 0 atom stereocenters. The monoisotopic (exact) mass is 318 g/mol. The third-order valence-corrected chi connectivity index (χ3v) is 4.17. The lowest BCUT2D eigenvalue weighted by Crippen LogP contribution is -2.35. The number of nitrogens with one attached hydrogen (secondary N) is 1. The molecule has 1 aromatic heterocycles. The van der Waals surface area contributed by atoms with Crippen molar-refractivity contribution in [3.05, 3.63) is 36.7 Å². The minimum Gasteiger partial charge on any atom is -0.389 e. The zero-order valence-electron chi connectivity index (χ0n) is 12.7. The largest absolute Gasteiger partial charge is 0.389 e. The zero-order valence-corrected chi connectivity index (χ0v) is 12.7. The second-order valence-corrected chi connectivity index (χ2v) is 6.02. The van der Waals surface area contributed by atoms with Gasteiger partial charge in [0.15, 0.2) is 5.82 Å². The van der Waals surface area contributed by atoms with Crippen LogP contribution in [-0.2, 0) is 4.79 Å². The van der Waals surface area contributed by atoms with Gasteiger partial charge in [0.05, 0.1) is 12.0 Å². The van der Waals surface area contributed by atoms with E-state index in [2.05, 4.69) is 15.4 Å². The molecule has 1 saturated carbocycles. The number of nitrogens with zero attached hydrogens (tertiary/aromatic N) is 3. The van der Waals surface area contributed by atoms with Crippen LogP contribution >= 0.6 is 0 Å². The summed E-state index contributed by atoms with van der Waals surface area (Å²) in [6.07, 6.45) is 7.00. The van der Waals surface area contributed by atoms with E-state index in [0.717, 1.165) is 19.3 Å². The summed E-state index contributed by atoms with van der Waals surface area (Å²) in [5, 5.41) is 16.9. The van der Waals surface area contributed by atoms with E-state index in [1.807, 2.05) is 0 Å². The first kappa shape index (κ1) is 15.6. The summed E-state index contributed by atoms with van der Waals surface area (Å²) in [5.41, 5.74) is -0.316. The summed E-state index contributed by atoms with van der Waals surface area (Å²) in [7, 11) is 0. The summed E-state index contributed by atoms with van der Waals surface area (Å²) < 4.78 is 15.4. The van der Waals surface area contributed by atoms with Gasteiger partial charge in [-0.3, -0.25) is 4.79 Å². The van der Waals surface area contributed by atoms with Gasteiger partial charge in [-0.1, -0.05) is 19.3 Å². The van der Waals surface area contributed by atoms with Crippen molar-refractivity contribution in [1.29, 1.82) is 0 Å². The number of rotatable bonds is 4. The van der Waals surface area contributed by atoms with Crippen molar-refractivity contribution < 1.29 is 14.3 Å². The zero-order chi connectivity index (χ0) is 16.3. The summed E-state index contributed by atoms with van der Waals surface area (Å²) in [6.45, 7) is 0. The van der Waals surface area contributed by atoms with E-state index in [-0.39, 0.29) is 18.0 Å². The maximum Gasteiger partial charge on any atom is 0.227 e. The van der Waals surface area contributed by atoms with Crippen LogP contribution in [0.1, 0.15) is 38.5 Å². The Balaban J connectivity index is 1.66. The van der Waals surface area contributed by atoms with Crippen molar-refractivity contribution >= 4 is 11.6 Å². The third kappa shape index (κ3) is 3.73. The molecule has 0 aliphatic heterocycles. The van der Waals surface area contributed by atoms with Crippen LogP contribution < -0.4 is 5.32 Å². The van der Waals surface area contributed by atoms with Gasteiger partial charge >= 0.3 is 0 Å². The molecule has 1 fully saturated rings. The molecule has 0 unspecified atom stereocenters. The SMILES string of the molecule is O=C(CC1(O)CCCCC1)Nc1ccc(-n2cncn2)c(F)c1. The van der Waals surface area contributed by atoms with Gasteiger partial charge in [0, 0.05) is 5.69 Å². The van der Waals surface area contributed by atoms with Gasteiger partial charge < -0.3 is 10.4 Å². The molecule has 0 radical (unpaired) electrons. The molecule has 0 saturated heterocycles. The minimum atomic E-state index is -0.929. The molecule has 0 spiro atoms. The van der Waals surface area contributed by atoms with Gasteiger partial charge in [0.2, 0.25) is 5.91 Å². The van der Waals surface area contributed by atoms with Gasteiger partial charge in [-0.15, -0.1) is 0 Å². The highest BCUT2D eigenvalue weighted by Crippen LogP contribution is 2.31. The van der Waals surface area contributed by atoms with E-state index in [4.69, 9.17) is 0 Å². The summed E-state index contributed by atoms with van der Waals surface area (Å²) in [4.78, 5) is 15.9. The van der Waals surface area contributed by atoms with Crippen LogP contribution in [0.5, 0.6) is 0 Å². The Kier molecular flexibility index (Phi) is 4.38. The quantitative estimate of drug-likeness (QED) is 0.907. The number of aliphatic hydroxyl groups is 1. The molecule has 1 amide bonds. The lowest BCUT2D eigenvalue weighted by Gasteiger charge is -2.31. The number of benzene rings is 1. The number of anilines is 1. The van der Waals surface area contributed by atoms with E-state index in [9.17, 15) is 14.3 Å². The van der Waals surface area contributed by atoms with E-state index < -0.39 is 11.4 Å². The molecule has 23 heavy (non-hydrogen) atoms. The fourth-order valence-corrected chi connectivity index (χ4v) is 2.99. The molecule has 0 bridgehead atoms. The van der Waals surface area contributed by atoms with Crippen LogP contribution in [0, 0.1) is 5.82 Å². The van der Waals surface area contributed by atoms with Crippen molar-refractivity contribution in [1.82, 2.24) is 14.8 Å². The summed E-state index contributed by atoms with van der Waals surface area (Å²) in [5.74, 6) is -0.813. The molecule has 1 aliphatic rings. The third-order valence-electron chi connectivity index (χ3n) is 4.17. The van der Waals surface area contributed by atoms with Gasteiger partial charge in [-0.05, 0) is 31.0 Å². The molecule has 2 aromatic rings. The fourth-order valence-electron chi connectivity index (χ4n) is 2.99. The van der Waals surface area contributed by atoms with Crippen LogP contribution in [0.2, 0.25) is 0 Å². The van der Waals surface area contributed by atoms with Gasteiger partial charge in [-0.2, -0.15) is 5.10 Å². The lowest BCUT2D eigenvalue weighted by atomic mass is 9.82. The Bertz CT molecular complexity index is 681. The lowest BCUT2D eigenvalue weighted by molar-refractivity contribution is -0.122. The molecule has 7 heteroatoms. The Labute approximate surface area is 133 Å². The second-order valence-electron chi connectivity index (χ2n) is 6.02. The first-order chi connectivity index (χ1) is 11.1. The predicted molar refractivity (Wildman–Crippen MR) is 82.6 cm³/mol. The molecule has 122 valence electrons. The molecule has 1 aliphatic carbocycles. The van der Waals surface area contributed by atoms with Crippen molar-refractivity contribution in [3.63, 3.8) is 0 Å². The molecule has 6 nitrogen and oxygen atoms in total. The normalized spacial score (nSPS) is 17.0. The minimum absolute atomic E-state index is 0.0411. The number of amides is 1. The number of carbonyl (C=O) groups is 1. The highest BCUT2D eigenvalue weighted by Gasteiger charge is 2.31. The highest BCUT2D eigenvalue weighted by molar-refractivity contribution is 5.91. The van der Waals surface area contributed by atoms with Crippen LogP contribution in [-0.4, -0.2) is 31.4 Å². The van der Waals surface area contributed by atoms with Crippen LogP contribution in [0.3, 0.4) is 0 Å². The highest BCUT2D eigenvalue weighted by atomic mass is 19.1. The van der Waals surface area contributed by atoms with Crippen molar-refractivity contribution in [2.75, 3.05) is 5.32 Å². The number of carbonyl (C=O) groups excluding carboxylic acids is 1. The van der Waals surface area contributed by atoms with E-state index in [1.165, 1.54) is 29.5 Å². The van der Waals surface area contributed by atoms with Crippen LogP contribution in [0.25, 0.3) is 5.69 Å². The first-order valence-corrected chi connectivity index (χ1v) is 7.73. The smallest absolute Gasteiger partial charge is 0.227 e. The predicted octanol–water partition coefficient (Wildman–Crippen LogP) is 2.43. The fraction of sp³-hybridized carbons (Fsp3) is 0.438. The average Bonchev–Trinajstić information content (AvgIpc) is 3.01. The van der Waals surface area contributed by atoms with E-state index in [1.54, 1.807) is 6.07 Å². The Morgan fingerprint density at radius 3 is 2.78 bits per heavy atom. The molecular formula is C16H19FN4O2. The summed E-state index contributed by atoms with van der Waals surface area (Å²) in [6, 6.07) is 4.36. The topological polar surface area (TPSA) is 80.0 Å². The molecule has 3 rings (SSSR count). The maximum atomic E-state index is 14.1. The maximum absolute atomic E-state index is 14.1. The Morgan fingerprint density at radius 1 is 1.35 bits per heavy atom. The number of halogens is 1. The van der Waals surface area contributed by atoms with Crippen molar-refractivity contribution in [2.45, 2.75) is 44.1 Å². The van der Waals surface area contributed by atoms with E-state index >= 15 is 0 Å². The van der Waals surface area contributed by atoms with Crippen molar-refractivity contribution in [2.24, 2.45) is 0 Å². The van der Waals surface area contributed by atoms with E-state index in [0.29, 0.717) is 18.5 Å². The van der Waals surface area contributed by atoms with Crippen LogP contribution in [0.4, 0.5) is 10.1 Å². The number of hydrogen-bond donors (Lipinski definition) is 2. The van der Waals surface area contributed by atoms with Crippen LogP contribution in [0.15, 0.2) is 30.9 Å². The van der Waals surface area contributed by atoms with Gasteiger partial charge in [0.1, 0.15) is 18.3 Å². The average molecular weight is 318 g/mol. The van der Waals surface area contributed by atoms with Gasteiger partial charge in [-0.25, -0.2) is 14.1 Å². The van der Waals surface area contributed by atoms with Crippen molar-refractivity contribution in [3.8, 4) is 5.69 Å².